The third kappa shape index (κ3) is 8.06. The van der Waals surface area contributed by atoms with Crippen LogP contribution in [0.2, 0.25) is 0 Å². The van der Waals surface area contributed by atoms with Crippen molar-refractivity contribution in [2.45, 2.75) is 13.0 Å². The van der Waals surface area contributed by atoms with E-state index in [-0.39, 0.29) is 11.8 Å². The Kier molecular flexibility index (Phi) is 8.20. The Hall–Kier alpha value is -2.65. The number of carboxylic acids is 2. The quantitative estimate of drug-likeness (QED) is 0.610. The molecule has 8 nitrogen and oxygen atoms in total. The molecule has 27 heavy (non-hydrogen) atoms. The summed E-state index contributed by atoms with van der Waals surface area (Å²) < 4.78 is 22.4. The molecule has 0 spiro atoms. The first-order valence-corrected chi connectivity index (χ1v) is 10.1. The van der Waals surface area contributed by atoms with Gasteiger partial charge in [-0.1, -0.05) is 18.2 Å². The number of hydrogen-bond acceptors (Lipinski definition) is 5. The monoisotopic (exact) mass is 396 g/mol. The zero-order valence-corrected chi connectivity index (χ0v) is 16.2. The van der Waals surface area contributed by atoms with Crippen molar-refractivity contribution < 1.29 is 28.2 Å². The van der Waals surface area contributed by atoms with Gasteiger partial charge in [0.1, 0.15) is 9.84 Å². The van der Waals surface area contributed by atoms with Gasteiger partial charge in [0.15, 0.2) is 0 Å². The van der Waals surface area contributed by atoms with Crippen LogP contribution in [-0.4, -0.2) is 66.1 Å². The first-order chi connectivity index (χ1) is 12.5. The highest BCUT2D eigenvalue weighted by molar-refractivity contribution is 7.90. The van der Waals surface area contributed by atoms with Gasteiger partial charge in [0.2, 0.25) is 0 Å². The van der Waals surface area contributed by atoms with Crippen molar-refractivity contribution in [1.82, 2.24) is 9.88 Å². The zero-order valence-electron chi connectivity index (χ0n) is 15.4. The first-order valence-electron chi connectivity index (χ1n) is 8.09. The average Bonchev–Trinajstić information content (AvgIpc) is 3.01. The molecule has 2 rings (SSSR count). The highest BCUT2D eigenvalue weighted by atomic mass is 32.2. The number of nitrogens with one attached hydrogen (secondary N) is 1. The van der Waals surface area contributed by atoms with Crippen LogP contribution in [0.5, 0.6) is 0 Å². The summed E-state index contributed by atoms with van der Waals surface area (Å²) >= 11 is 0. The van der Waals surface area contributed by atoms with Crippen molar-refractivity contribution in [1.29, 1.82) is 0 Å². The number of benzene rings is 1. The number of rotatable bonds is 7. The molecule has 3 N–H and O–H groups in total. The van der Waals surface area contributed by atoms with Crippen LogP contribution in [0, 0.1) is 0 Å². The van der Waals surface area contributed by atoms with E-state index in [1.165, 1.54) is 17.2 Å². The Labute approximate surface area is 158 Å². The van der Waals surface area contributed by atoms with Crippen molar-refractivity contribution in [3.8, 4) is 0 Å². The van der Waals surface area contributed by atoms with Crippen LogP contribution in [0.3, 0.4) is 0 Å². The van der Waals surface area contributed by atoms with E-state index < -0.39 is 21.8 Å². The van der Waals surface area contributed by atoms with E-state index in [1.807, 2.05) is 31.4 Å². The Balaban J connectivity index is 0.000000387. The molecule has 0 saturated heterocycles. The second-order valence-electron chi connectivity index (χ2n) is 6.09. The SMILES string of the molecule is CC(c1c[nH]c2ccccc12)N(C)CCS(C)(=O)=O.O=C(O)/C=C/C(=O)O. The molecule has 0 aliphatic heterocycles. The van der Waals surface area contributed by atoms with E-state index in [1.54, 1.807) is 0 Å². The lowest BCUT2D eigenvalue weighted by Crippen LogP contribution is -2.27. The van der Waals surface area contributed by atoms with Crippen LogP contribution in [0.25, 0.3) is 10.9 Å². The summed E-state index contributed by atoms with van der Waals surface area (Å²) in [5.74, 6) is -2.32. The van der Waals surface area contributed by atoms with Crippen molar-refractivity contribution in [2.75, 3.05) is 25.6 Å². The van der Waals surface area contributed by atoms with E-state index in [0.29, 0.717) is 18.7 Å². The van der Waals surface area contributed by atoms with Gasteiger partial charge in [0, 0.05) is 48.1 Å². The Bertz CT molecular complexity index is 901. The van der Waals surface area contributed by atoms with Crippen molar-refractivity contribution in [2.24, 2.45) is 0 Å². The second-order valence-corrected chi connectivity index (χ2v) is 8.35. The van der Waals surface area contributed by atoms with Crippen LogP contribution >= 0.6 is 0 Å². The zero-order chi connectivity index (χ0) is 20.6. The molecule has 2 aromatic rings. The maximum Gasteiger partial charge on any atom is 0.328 e. The summed E-state index contributed by atoms with van der Waals surface area (Å²) in [5, 5.41) is 16.8. The molecule has 0 bridgehead atoms. The molecule has 0 saturated carbocycles. The number of fused-ring (bicyclic) bond motifs is 1. The predicted molar refractivity (Wildman–Crippen MR) is 103 cm³/mol. The molecule has 0 amide bonds. The Morgan fingerprint density at radius 1 is 1.19 bits per heavy atom. The number of hydrogen-bond donors (Lipinski definition) is 3. The normalized spacial score (nSPS) is 12.7. The average molecular weight is 396 g/mol. The number of carboxylic acid groups (broad SMARTS) is 2. The predicted octanol–water partition coefficient (Wildman–Crippen LogP) is 1.92. The number of sulfone groups is 1. The fraction of sp³-hybridized carbons (Fsp3) is 0.333. The lowest BCUT2D eigenvalue weighted by Gasteiger charge is -2.24. The second kappa shape index (κ2) is 9.89. The van der Waals surface area contributed by atoms with Gasteiger partial charge >= 0.3 is 11.9 Å². The minimum Gasteiger partial charge on any atom is -0.478 e. The lowest BCUT2D eigenvalue weighted by atomic mass is 10.1. The molecule has 1 aromatic heterocycles. The number of aliphatic carboxylic acids is 2. The van der Waals surface area contributed by atoms with Crippen molar-refractivity contribution >= 4 is 32.7 Å². The van der Waals surface area contributed by atoms with E-state index in [0.717, 1.165) is 5.52 Å². The minimum atomic E-state index is -2.91. The first kappa shape index (κ1) is 22.4. The summed E-state index contributed by atoms with van der Waals surface area (Å²) in [5.41, 5.74) is 2.31. The molecule has 0 aliphatic rings. The minimum absolute atomic E-state index is 0.179. The van der Waals surface area contributed by atoms with Gasteiger partial charge in [-0.15, -0.1) is 0 Å². The highest BCUT2D eigenvalue weighted by Crippen LogP contribution is 2.26. The van der Waals surface area contributed by atoms with Crippen molar-refractivity contribution in [3.63, 3.8) is 0 Å². The lowest BCUT2D eigenvalue weighted by molar-refractivity contribution is -0.134. The van der Waals surface area contributed by atoms with Gasteiger partial charge in [-0.3, -0.25) is 4.90 Å². The fourth-order valence-electron chi connectivity index (χ4n) is 2.32. The number of aromatic nitrogens is 1. The fourth-order valence-corrected chi connectivity index (χ4v) is 2.94. The van der Waals surface area contributed by atoms with Gasteiger partial charge in [-0.05, 0) is 25.6 Å². The van der Waals surface area contributed by atoms with E-state index in [9.17, 15) is 18.0 Å². The highest BCUT2D eigenvalue weighted by Gasteiger charge is 2.16. The van der Waals surface area contributed by atoms with Gasteiger partial charge in [-0.2, -0.15) is 0 Å². The van der Waals surface area contributed by atoms with Crippen LogP contribution < -0.4 is 0 Å². The van der Waals surface area contributed by atoms with E-state index in [4.69, 9.17) is 10.2 Å². The number of aromatic amines is 1. The number of para-hydroxylation sites is 1. The molecule has 148 valence electrons. The number of nitrogens with zero attached hydrogens (tertiary/aromatic N) is 1. The van der Waals surface area contributed by atoms with E-state index >= 15 is 0 Å². The number of H-pyrrole nitrogens is 1. The molecule has 1 aromatic carbocycles. The molecular formula is C18H24N2O6S. The molecule has 0 aliphatic carbocycles. The molecular weight excluding hydrogens is 372 g/mol. The third-order valence-electron chi connectivity index (χ3n) is 3.92. The van der Waals surface area contributed by atoms with Gasteiger partial charge < -0.3 is 15.2 Å². The largest absolute Gasteiger partial charge is 0.478 e. The summed E-state index contributed by atoms with van der Waals surface area (Å²) in [6.45, 7) is 2.64. The molecule has 1 unspecified atom stereocenters. The smallest absolute Gasteiger partial charge is 0.328 e. The maximum absolute atomic E-state index is 11.2. The topological polar surface area (TPSA) is 128 Å². The molecule has 0 radical (unpaired) electrons. The molecule has 9 heteroatoms. The van der Waals surface area contributed by atoms with Gasteiger partial charge in [0.25, 0.3) is 0 Å². The van der Waals surface area contributed by atoms with Crippen LogP contribution in [0.15, 0.2) is 42.6 Å². The summed E-state index contributed by atoms with van der Waals surface area (Å²) in [7, 11) is -0.958. The van der Waals surface area contributed by atoms with Gasteiger partial charge in [0.05, 0.1) is 5.75 Å². The van der Waals surface area contributed by atoms with E-state index in [2.05, 4.69) is 22.9 Å². The number of carbonyl (C=O) groups is 2. The summed E-state index contributed by atoms with van der Waals surface area (Å²) in [6, 6.07) is 8.33. The van der Waals surface area contributed by atoms with Crippen LogP contribution in [-0.2, 0) is 19.4 Å². The van der Waals surface area contributed by atoms with Crippen LogP contribution in [0.1, 0.15) is 18.5 Å². The third-order valence-corrected chi connectivity index (χ3v) is 4.84. The summed E-state index contributed by atoms with van der Waals surface area (Å²) in [4.78, 5) is 24.4. The Morgan fingerprint density at radius 3 is 2.26 bits per heavy atom. The Morgan fingerprint density at radius 2 is 1.74 bits per heavy atom. The van der Waals surface area contributed by atoms with Crippen molar-refractivity contribution in [3.05, 3.63) is 48.2 Å². The molecule has 1 heterocycles. The molecule has 1 atom stereocenters. The van der Waals surface area contributed by atoms with Gasteiger partial charge in [-0.25, -0.2) is 18.0 Å². The molecule has 0 fully saturated rings. The summed E-state index contributed by atoms with van der Waals surface area (Å²) in [6.07, 6.45) is 4.40. The van der Waals surface area contributed by atoms with Crippen LogP contribution in [0.4, 0.5) is 0 Å². The maximum atomic E-state index is 11.2. The standard InChI is InChI=1S/C14H20N2O2S.C4H4O4/c1-11(16(2)8-9-19(3,17)18)13-10-15-14-7-5-4-6-12(13)14;5-3(6)1-2-4(7)8/h4-7,10-11,15H,8-9H2,1-3H3;1-2H,(H,5,6)(H,7,8)/b;2-1+.